The minimum Gasteiger partial charge on any atom is -0.454 e. The number of para-hydroxylation sites is 1. The maximum atomic E-state index is 12.1. The third-order valence-corrected chi connectivity index (χ3v) is 4.98. The summed E-state index contributed by atoms with van der Waals surface area (Å²) in [5.74, 6) is 0.594. The zero-order chi connectivity index (χ0) is 18.5. The van der Waals surface area contributed by atoms with Crippen molar-refractivity contribution in [2.24, 2.45) is 0 Å². The average Bonchev–Trinajstić information content (AvgIpc) is 2.63. The second-order valence-electron chi connectivity index (χ2n) is 5.65. The van der Waals surface area contributed by atoms with Gasteiger partial charge in [-0.3, -0.25) is 9.59 Å². The monoisotopic (exact) mass is 388 g/mol. The fourth-order valence-corrected chi connectivity index (χ4v) is 3.35. The molecule has 134 valence electrons. The average molecular weight is 389 g/mol. The first kappa shape index (κ1) is 18.5. The zero-order valence-electron chi connectivity index (χ0n) is 14.1. The van der Waals surface area contributed by atoms with E-state index in [1.165, 1.54) is 0 Å². The van der Waals surface area contributed by atoms with Crippen LogP contribution in [0.2, 0.25) is 5.02 Å². The first-order chi connectivity index (χ1) is 12.5. The molecule has 5 nitrogen and oxygen atoms in total. The topological polar surface area (TPSA) is 72.0 Å². The molecule has 0 aliphatic heterocycles. The van der Waals surface area contributed by atoms with Crippen LogP contribution in [-0.2, 0) is 9.53 Å². The summed E-state index contributed by atoms with van der Waals surface area (Å²) in [6.45, 7) is 1.69. The first-order valence-corrected chi connectivity index (χ1v) is 9.46. The van der Waals surface area contributed by atoms with Gasteiger partial charge in [0.25, 0.3) is 5.56 Å². The molecule has 3 aromatic rings. The number of nitrogens with one attached hydrogen (secondary N) is 1. The molecule has 1 N–H and O–H groups in total. The van der Waals surface area contributed by atoms with Crippen molar-refractivity contribution in [2.45, 2.75) is 24.3 Å². The van der Waals surface area contributed by atoms with Crippen molar-refractivity contribution in [3.8, 4) is 0 Å². The smallest absolute Gasteiger partial charge is 0.307 e. The Kier molecular flexibility index (Phi) is 5.96. The van der Waals surface area contributed by atoms with Crippen LogP contribution in [0.3, 0.4) is 0 Å². The van der Waals surface area contributed by atoms with Crippen LogP contribution in [0.15, 0.2) is 58.2 Å². The molecule has 0 aliphatic rings. The van der Waals surface area contributed by atoms with E-state index in [4.69, 9.17) is 16.3 Å². The van der Waals surface area contributed by atoms with Crippen LogP contribution < -0.4 is 5.56 Å². The number of aromatic nitrogens is 2. The Morgan fingerprint density at radius 1 is 1.23 bits per heavy atom. The summed E-state index contributed by atoms with van der Waals surface area (Å²) in [5, 5.41) is 1.19. The number of thioether (sulfide) groups is 1. The SMILES string of the molecule is C[C@@H](OC(=O)CCSc1ccc(Cl)cc1)c1nc2ccccc2c(=O)[nH]1. The second kappa shape index (κ2) is 8.38. The Bertz CT molecular complexity index is 972. The van der Waals surface area contributed by atoms with Crippen LogP contribution in [0.5, 0.6) is 0 Å². The molecule has 0 bridgehead atoms. The van der Waals surface area contributed by atoms with Gasteiger partial charge < -0.3 is 9.72 Å². The van der Waals surface area contributed by atoms with E-state index in [0.29, 0.717) is 27.5 Å². The summed E-state index contributed by atoms with van der Waals surface area (Å²) in [7, 11) is 0. The number of esters is 1. The molecule has 0 fully saturated rings. The highest BCUT2D eigenvalue weighted by Crippen LogP contribution is 2.22. The maximum absolute atomic E-state index is 12.1. The van der Waals surface area contributed by atoms with Crippen molar-refractivity contribution in [1.29, 1.82) is 0 Å². The molecule has 7 heteroatoms. The Hall–Kier alpha value is -2.31. The lowest BCUT2D eigenvalue weighted by atomic mass is 10.2. The molecule has 2 aromatic carbocycles. The van der Waals surface area contributed by atoms with E-state index < -0.39 is 6.10 Å². The van der Waals surface area contributed by atoms with Crippen molar-refractivity contribution in [2.75, 3.05) is 5.75 Å². The lowest BCUT2D eigenvalue weighted by molar-refractivity contribution is -0.148. The summed E-state index contributed by atoms with van der Waals surface area (Å²) < 4.78 is 5.39. The number of ether oxygens (including phenoxy) is 1. The number of carbonyl (C=O) groups is 1. The molecular formula is C19H17ClN2O3S. The van der Waals surface area contributed by atoms with Crippen LogP contribution >= 0.6 is 23.4 Å². The number of halogens is 1. The Labute approximate surface area is 159 Å². The van der Waals surface area contributed by atoms with Crippen molar-refractivity contribution in [3.63, 3.8) is 0 Å². The van der Waals surface area contributed by atoms with Crippen LogP contribution in [0.4, 0.5) is 0 Å². The largest absolute Gasteiger partial charge is 0.454 e. The quantitative estimate of drug-likeness (QED) is 0.501. The predicted octanol–water partition coefficient (Wildman–Crippen LogP) is 4.36. The maximum Gasteiger partial charge on any atom is 0.307 e. The molecule has 1 atom stereocenters. The van der Waals surface area contributed by atoms with Gasteiger partial charge in [-0.05, 0) is 43.3 Å². The van der Waals surface area contributed by atoms with Gasteiger partial charge >= 0.3 is 5.97 Å². The van der Waals surface area contributed by atoms with E-state index in [9.17, 15) is 9.59 Å². The minimum atomic E-state index is -0.625. The Balaban J connectivity index is 1.57. The number of rotatable bonds is 6. The van der Waals surface area contributed by atoms with Gasteiger partial charge in [-0.2, -0.15) is 0 Å². The molecule has 1 aromatic heterocycles. The molecule has 0 spiro atoms. The van der Waals surface area contributed by atoms with Crippen LogP contribution in [0.25, 0.3) is 10.9 Å². The van der Waals surface area contributed by atoms with E-state index in [1.54, 1.807) is 36.9 Å². The summed E-state index contributed by atoms with van der Waals surface area (Å²) >= 11 is 7.40. The highest BCUT2D eigenvalue weighted by Gasteiger charge is 2.15. The lowest BCUT2D eigenvalue weighted by Crippen LogP contribution is -2.17. The number of nitrogens with zero attached hydrogens (tertiary/aromatic N) is 1. The van der Waals surface area contributed by atoms with Crippen LogP contribution in [0.1, 0.15) is 25.3 Å². The van der Waals surface area contributed by atoms with Crippen LogP contribution in [0, 0.1) is 0 Å². The number of fused-ring (bicyclic) bond motifs is 1. The number of hydrogen-bond donors (Lipinski definition) is 1. The molecular weight excluding hydrogens is 372 g/mol. The number of benzene rings is 2. The highest BCUT2D eigenvalue weighted by atomic mass is 35.5. The van der Waals surface area contributed by atoms with Gasteiger partial charge in [0, 0.05) is 15.7 Å². The zero-order valence-corrected chi connectivity index (χ0v) is 15.6. The molecule has 0 saturated carbocycles. The summed E-state index contributed by atoms with van der Waals surface area (Å²) in [5.41, 5.74) is 0.333. The first-order valence-electron chi connectivity index (χ1n) is 8.10. The minimum absolute atomic E-state index is 0.244. The Morgan fingerprint density at radius 2 is 1.96 bits per heavy atom. The van der Waals surface area contributed by atoms with Gasteiger partial charge in [-0.25, -0.2) is 4.98 Å². The van der Waals surface area contributed by atoms with Gasteiger partial charge in [-0.1, -0.05) is 23.7 Å². The molecule has 0 saturated heterocycles. The molecule has 0 aliphatic carbocycles. The van der Waals surface area contributed by atoms with Gasteiger partial charge in [0.15, 0.2) is 11.9 Å². The predicted molar refractivity (Wildman–Crippen MR) is 104 cm³/mol. The summed E-state index contributed by atoms with van der Waals surface area (Å²) in [4.78, 5) is 32.2. The molecule has 1 heterocycles. The second-order valence-corrected chi connectivity index (χ2v) is 7.26. The molecule has 0 radical (unpaired) electrons. The van der Waals surface area contributed by atoms with Crippen LogP contribution in [-0.4, -0.2) is 21.7 Å². The normalized spacial score (nSPS) is 12.1. The van der Waals surface area contributed by atoms with Gasteiger partial charge in [-0.15, -0.1) is 11.8 Å². The fourth-order valence-electron chi connectivity index (χ4n) is 2.39. The van der Waals surface area contributed by atoms with E-state index in [-0.39, 0.29) is 17.9 Å². The third kappa shape index (κ3) is 4.65. The van der Waals surface area contributed by atoms with E-state index in [1.807, 2.05) is 30.3 Å². The van der Waals surface area contributed by atoms with Crippen molar-refractivity contribution >= 4 is 40.2 Å². The summed E-state index contributed by atoms with van der Waals surface area (Å²) in [6, 6.07) is 14.5. The van der Waals surface area contributed by atoms with Gasteiger partial charge in [0.2, 0.25) is 0 Å². The molecule has 26 heavy (non-hydrogen) atoms. The molecule has 0 unspecified atom stereocenters. The fraction of sp³-hybridized carbons (Fsp3) is 0.211. The van der Waals surface area contributed by atoms with Crippen molar-refractivity contribution in [3.05, 3.63) is 69.7 Å². The summed E-state index contributed by atoms with van der Waals surface area (Å²) in [6.07, 6.45) is -0.365. The number of carbonyl (C=O) groups excluding carboxylic acids is 1. The Morgan fingerprint density at radius 3 is 2.73 bits per heavy atom. The van der Waals surface area contributed by atoms with Gasteiger partial charge in [0.1, 0.15) is 0 Å². The highest BCUT2D eigenvalue weighted by molar-refractivity contribution is 7.99. The van der Waals surface area contributed by atoms with Crippen molar-refractivity contribution in [1.82, 2.24) is 9.97 Å². The van der Waals surface area contributed by atoms with E-state index in [0.717, 1.165) is 4.90 Å². The number of hydrogen-bond acceptors (Lipinski definition) is 5. The standard InChI is InChI=1S/C19H17ClN2O3S/c1-12(18-21-16-5-3-2-4-15(16)19(24)22-18)25-17(23)10-11-26-14-8-6-13(20)7-9-14/h2-9,12H,10-11H2,1H3,(H,21,22,24)/t12-/m1/s1. The third-order valence-electron chi connectivity index (χ3n) is 3.71. The number of H-pyrrole nitrogens is 1. The van der Waals surface area contributed by atoms with Crippen molar-refractivity contribution < 1.29 is 9.53 Å². The molecule has 3 rings (SSSR count). The lowest BCUT2D eigenvalue weighted by Gasteiger charge is -2.13. The van der Waals surface area contributed by atoms with E-state index in [2.05, 4.69) is 9.97 Å². The molecule has 0 amide bonds. The number of aromatic amines is 1. The van der Waals surface area contributed by atoms with Gasteiger partial charge in [0.05, 0.1) is 17.3 Å². The van der Waals surface area contributed by atoms with E-state index >= 15 is 0 Å².